The number of hydrogen-bond acceptors (Lipinski definition) is 10. The van der Waals surface area contributed by atoms with Crippen molar-refractivity contribution in [3.8, 4) is 0 Å². The molecule has 3 N–H and O–H groups in total. The van der Waals surface area contributed by atoms with Crippen LogP contribution in [0.15, 0.2) is 0 Å². The van der Waals surface area contributed by atoms with Crippen LogP contribution in [0.4, 0.5) is 0 Å². The molecule has 0 radical (unpaired) electrons. The molecular weight excluding hydrogens is 673 g/mol. The quantitative estimate of drug-likeness (QED) is 0.0517. The zero-order chi connectivity index (χ0) is 39.8. The van der Waals surface area contributed by atoms with Gasteiger partial charge in [0.25, 0.3) is 0 Å². The number of rotatable bonds is 36. The molecule has 0 bridgehead atoms. The fourth-order valence-electron chi connectivity index (χ4n) is 5.50. The Kier molecular flexibility index (Phi) is 65.2. The van der Waals surface area contributed by atoms with Crippen LogP contribution in [0.1, 0.15) is 213 Å². The third kappa shape index (κ3) is 72.3. The van der Waals surface area contributed by atoms with Gasteiger partial charge < -0.3 is 45.0 Å². The van der Waals surface area contributed by atoms with Crippen molar-refractivity contribution in [3.63, 3.8) is 0 Å². The number of unbranched alkanes of at least 4 members (excludes halogenated alkanes) is 24. The number of carboxylic acid groups (broad SMARTS) is 3. The molecule has 0 aliphatic heterocycles. The third-order valence-corrected chi connectivity index (χ3v) is 8.70. The van der Waals surface area contributed by atoms with Crippen LogP contribution in [0.5, 0.6) is 0 Å². The summed E-state index contributed by atoms with van der Waals surface area (Å²) in [6.45, 7) is 8.42. The number of nitrogens with zero attached hydrogens (tertiary/aromatic N) is 1. The molecule has 0 aliphatic carbocycles. The van der Waals surface area contributed by atoms with Crippen LogP contribution in [0, 0.1) is 0 Å². The van der Waals surface area contributed by atoms with Crippen molar-refractivity contribution in [3.05, 3.63) is 0 Å². The van der Waals surface area contributed by atoms with Gasteiger partial charge in [-0.3, -0.25) is 4.90 Å². The Morgan fingerprint density at radius 2 is 0.528 bits per heavy atom. The summed E-state index contributed by atoms with van der Waals surface area (Å²) in [6.07, 6.45) is 33.5. The summed E-state index contributed by atoms with van der Waals surface area (Å²) in [7, 11) is 0. The molecule has 0 saturated heterocycles. The molecule has 0 unspecified atom stereocenters. The number of aliphatic hydroxyl groups excluding tert-OH is 3. The van der Waals surface area contributed by atoms with Gasteiger partial charge in [-0.1, -0.05) is 175 Å². The van der Waals surface area contributed by atoms with Gasteiger partial charge in [-0.25, -0.2) is 0 Å². The number of carboxylic acids is 3. The number of aliphatic carboxylic acids is 3. The van der Waals surface area contributed by atoms with Crippen LogP contribution in [0.25, 0.3) is 0 Å². The van der Waals surface area contributed by atoms with Gasteiger partial charge in [0.05, 0.1) is 19.8 Å². The second kappa shape index (κ2) is 57.0. The summed E-state index contributed by atoms with van der Waals surface area (Å²) in [5.41, 5.74) is 0. The van der Waals surface area contributed by atoms with Crippen molar-refractivity contribution < 1.29 is 45.0 Å². The van der Waals surface area contributed by atoms with Gasteiger partial charge >= 0.3 is 8.41 Å². The number of aliphatic hydroxyl groups is 3. The summed E-state index contributed by atoms with van der Waals surface area (Å²) < 4.78 is 0. The maximum atomic E-state index is 10.1. The predicted octanol–water partition coefficient (Wildman–Crippen LogP) is 5.86. The number of carbonyl (C=O) groups excluding carboxylic acids is 3. The minimum absolute atomic E-state index is 0. The first-order chi connectivity index (χ1) is 25.2. The second-order valence-electron chi connectivity index (χ2n) is 13.9. The maximum Gasteiger partial charge on any atom is 3.00 e. The molecule has 0 fully saturated rings. The molecule has 0 spiro atoms. The summed E-state index contributed by atoms with van der Waals surface area (Å²) in [6, 6.07) is 0. The average Bonchev–Trinajstić information content (AvgIpc) is 3.10. The molecule has 0 saturated carbocycles. The van der Waals surface area contributed by atoms with E-state index in [4.69, 9.17) is 15.3 Å². The molecule has 0 amide bonds. The van der Waals surface area contributed by atoms with E-state index in [0.29, 0.717) is 19.6 Å². The third-order valence-electron chi connectivity index (χ3n) is 8.70. The predicted molar refractivity (Wildman–Crippen MR) is 214 cm³/mol. The average molecular weight is 758 g/mol. The molecule has 0 aromatic heterocycles. The molecule has 10 nitrogen and oxygen atoms in total. The normalized spacial score (nSPS) is 10.2. The Morgan fingerprint density at radius 3 is 0.679 bits per heavy atom. The van der Waals surface area contributed by atoms with Gasteiger partial charge in [0.2, 0.25) is 0 Å². The molecule has 0 aromatic rings. The van der Waals surface area contributed by atoms with E-state index < -0.39 is 17.9 Å². The van der Waals surface area contributed by atoms with Crippen molar-refractivity contribution >= 4 is 26.3 Å². The maximum absolute atomic E-state index is 10.1. The SMILES string of the molecule is CCCCCCCCCCCC(=O)[O-].CCCCCCCCCCCC(=O)[O-].CCCCCCCCCCCC(=O)[O-].OCCN(CCO)CCO.[B+3]. The number of carbonyl (C=O) groups is 3. The van der Waals surface area contributed by atoms with E-state index >= 15 is 0 Å². The van der Waals surface area contributed by atoms with Crippen LogP contribution in [-0.2, 0) is 14.4 Å². The molecule has 314 valence electrons. The molecule has 0 aliphatic rings. The Hall–Kier alpha value is -1.69. The van der Waals surface area contributed by atoms with E-state index in [0.717, 1.165) is 38.5 Å². The fraction of sp³-hybridized carbons (Fsp3) is 0.929. The van der Waals surface area contributed by atoms with Crippen LogP contribution < -0.4 is 15.3 Å². The molecule has 0 aromatic carbocycles. The summed E-state index contributed by atoms with van der Waals surface area (Å²) >= 11 is 0. The zero-order valence-corrected chi connectivity index (χ0v) is 34.8. The van der Waals surface area contributed by atoms with Crippen LogP contribution >= 0.6 is 0 Å². The van der Waals surface area contributed by atoms with Crippen molar-refractivity contribution in [1.29, 1.82) is 0 Å². The Labute approximate surface area is 328 Å². The second-order valence-corrected chi connectivity index (χ2v) is 13.9. The van der Waals surface area contributed by atoms with Gasteiger partial charge in [-0.05, 0) is 38.5 Å². The van der Waals surface area contributed by atoms with E-state index in [1.165, 1.54) is 135 Å². The number of hydrogen-bond donors (Lipinski definition) is 3. The first kappa shape index (κ1) is 60.6. The first-order valence-corrected chi connectivity index (χ1v) is 21.3. The molecule has 0 heterocycles. The van der Waals surface area contributed by atoms with E-state index in [9.17, 15) is 29.7 Å². The van der Waals surface area contributed by atoms with E-state index in [2.05, 4.69) is 20.8 Å². The first-order valence-electron chi connectivity index (χ1n) is 21.3. The minimum atomic E-state index is -0.909. The van der Waals surface area contributed by atoms with Crippen LogP contribution in [0.2, 0.25) is 0 Å². The Morgan fingerprint density at radius 1 is 0.358 bits per heavy atom. The minimum Gasteiger partial charge on any atom is -0.550 e. The van der Waals surface area contributed by atoms with Crippen molar-refractivity contribution in [2.45, 2.75) is 213 Å². The molecular formula is C42H84BNO9. The van der Waals surface area contributed by atoms with Gasteiger partial charge in [-0.15, -0.1) is 0 Å². The van der Waals surface area contributed by atoms with Crippen molar-refractivity contribution in [2.24, 2.45) is 0 Å². The smallest absolute Gasteiger partial charge is 0.550 e. The van der Waals surface area contributed by atoms with E-state index in [1.54, 1.807) is 4.90 Å². The molecule has 0 rings (SSSR count). The fourth-order valence-corrected chi connectivity index (χ4v) is 5.50. The molecule has 11 heteroatoms. The standard InChI is InChI=1S/3C12H24O2.C6H15NO3.B/c3*1-2-3-4-5-6-7-8-9-10-11-12(13)14;8-4-1-7(2-5-9)3-6-10;/h3*2-11H2,1H3,(H,13,14);8-10H,1-6H2;/q;;;;+3/p-3. The van der Waals surface area contributed by atoms with Gasteiger partial charge in [0.1, 0.15) is 0 Å². The largest absolute Gasteiger partial charge is 3.00 e. The summed E-state index contributed by atoms with van der Waals surface area (Å²) in [5, 5.41) is 55.7. The van der Waals surface area contributed by atoms with Gasteiger partial charge in [-0.2, -0.15) is 0 Å². The molecule has 53 heavy (non-hydrogen) atoms. The topological polar surface area (TPSA) is 184 Å². The molecule has 0 atom stereocenters. The Balaban J connectivity index is -0.000000193. The van der Waals surface area contributed by atoms with Crippen LogP contribution in [-0.4, -0.2) is 86.0 Å². The van der Waals surface area contributed by atoms with Crippen molar-refractivity contribution in [1.82, 2.24) is 4.90 Å². The van der Waals surface area contributed by atoms with Crippen molar-refractivity contribution in [2.75, 3.05) is 39.5 Å². The van der Waals surface area contributed by atoms with Gasteiger partial charge in [0.15, 0.2) is 0 Å². The van der Waals surface area contributed by atoms with E-state index in [1.807, 2.05) is 0 Å². The summed E-state index contributed by atoms with van der Waals surface area (Å²) in [5.74, 6) is -2.73. The summed E-state index contributed by atoms with van der Waals surface area (Å²) in [4.78, 5) is 32.1. The zero-order valence-electron chi connectivity index (χ0n) is 34.8. The Bertz CT molecular complexity index is 611. The van der Waals surface area contributed by atoms with Gasteiger partial charge in [0, 0.05) is 37.5 Å². The van der Waals surface area contributed by atoms with Crippen LogP contribution in [0.3, 0.4) is 0 Å². The monoisotopic (exact) mass is 758 g/mol. The van der Waals surface area contributed by atoms with E-state index in [-0.39, 0.29) is 47.5 Å².